The van der Waals surface area contributed by atoms with Gasteiger partial charge in [0.2, 0.25) is 0 Å². The Labute approximate surface area is 176 Å². The zero-order chi connectivity index (χ0) is 20.3. The van der Waals surface area contributed by atoms with Gasteiger partial charge in [0.1, 0.15) is 0 Å². The fourth-order valence-corrected chi connectivity index (χ4v) is 3.25. The average molecular weight is 441 g/mol. The molecule has 0 saturated heterocycles. The second kappa shape index (κ2) is 8.82. The highest BCUT2D eigenvalue weighted by molar-refractivity contribution is 6.54. The number of rotatable bonds is 5. The molecule has 3 rings (SSSR count). The number of hydrogen-bond donors (Lipinski definition) is 2. The molecule has 1 aliphatic rings. The van der Waals surface area contributed by atoms with E-state index in [1.807, 2.05) is 6.07 Å². The smallest absolute Gasteiger partial charge is 0.257 e. The van der Waals surface area contributed by atoms with Gasteiger partial charge in [-0.05, 0) is 29.8 Å². The predicted molar refractivity (Wildman–Crippen MR) is 110 cm³/mol. The second-order valence-corrected chi connectivity index (χ2v) is 7.50. The molecule has 0 bridgehead atoms. The average Bonchev–Trinajstić information content (AvgIpc) is 3.17. The first kappa shape index (κ1) is 20.5. The van der Waals surface area contributed by atoms with Gasteiger partial charge < -0.3 is 15.5 Å². The van der Waals surface area contributed by atoms with Crippen LogP contribution >= 0.6 is 34.8 Å². The monoisotopic (exact) mass is 439 g/mol. The highest BCUT2D eigenvalue weighted by Gasteiger charge is 2.28. The molecule has 1 heterocycles. The van der Waals surface area contributed by atoms with Gasteiger partial charge in [0.25, 0.3) is 11.8 Å². The minimum Gasteiger partial charge on any atom is -0.387 e. The van der Waals surface area contributed by atoms with Gasteiger partial charge in [-0.25, -0.2) is 0 Å². The number of amides is 2. The minimum atomic E-state index is -1.16. The van der Waals surface area contributed by atoms with Crippen molar-refractivity contribution in [3.8, 4) is 0 Å². The molecule has 1 unspecified atom stereocenters. The van der Waals surface area contributed by atoms with Crippen LogP contribution in [0.4, 0.5) is 5.69 Å². The summed E-state index contributed by atoms with van der Waals surface area (Å²) in [6.07, 6.45) is 0.0298. The third-order valence-electron chi connectivity index (χ3n) is 4.17. The lowest BCUT2D eigenvalue weighted by atomic mass is 9.96. The van der Waals surface area contributed by atoms with Crippen LogP contribution in [0.15, 0.2) is 47.6 Å². The van der Waals surface area contributed by atoms with E-state index in [2.05, 4.69) is 15.8 Å². The standard InChI is InChI=1S/C19H16Cl3N3O3/c1-23-18(26)12-6-3-7-13(20)16(12)14-9-15(28-25-14)10-4-2-5-11(8-10)24-19(27)17(21)22/h2-8,15,17H,9H2,1H3,(H,23,26)(H,24,27). The van der Waals surface area contributed by atoms with Crippen molar-refractivity contribution in [2.75, 3.05) is 12.4 Å². The maximum Gasteiger partial charge on any atom is 0.257 e. The Balaban J connectivity index is 1.82. The highest BCUT2D eigenvalue weighted by Crippen LogP contribution is 2.34. The molecular weight excluding hydrogens is 425 g/mol. The van der Waals surface area contributed by atoms with Crippen LogP contribution in [0.25, 0.3) is 0 Å². The third kappa shape index (κ3) is 4.41. The fraction of sp³-hybridized carbons (Fsp3) is 0.211. The maximum absolute atomic E-state index is 12.2. The summed E-state index contributed by atoms with van der Waals surface area (Å²) in [5.74, 6) is -0.777. The van der Waals surface area contributed by atoms with E-state index in [4.69, 9.17) is 39.6 Å². The molecule has 0 aromatic heterocycles. The lowest BCUT2D eigenvalue weighted by molar-refractivity contribution is -0.114. The van der Waals surface area contributed by atoms with E-state index < -0.39 is 10.7 Å². The number of carbonyl (C=O) groups is 2. The van der Waals surface area contributed by atoms with E-state index in [0.29, 0.717) is 34.0 Å². The van der Waals surface area contributed by atoms with Gasteiger partial charge in [0.05, 0.1) is 10.7 Å². The molecule has 146 valence electrons. The summed E-state index contributed by atoms with van der Waals surface area (Å²) < 4.78 is 0. The Hall–Kier alpha value is -2.28. The first-order chi connectivity index (χ1) is 13.4. The Morgan fingerprint density at radius 2 is 1.96 bits per heavy atom. The zero-order valence-corrected chi connectivity index (χ0v) is 17.0. The molecule has 0 radical (unpaired) electrons. The molecule has 6 nitrogen and oxygen atoms in total. The number of oxime groups is 1. The lowest BCUT2D eigenvalue weighted by Crippen LogP contribution is -2.21. The summed E-state index contributed by atoms with van der Waals surface area (Å²) >= 11 is 17.5. The molecule has 0 saturated carbocycles. The van der Waals surface area contributed by atoms with Gasteiger partial charge in [-0.3, -0.25) is 9.59 Å². The number of hydrogen-bond acceptors (Lipinski definition) is 4. The highest BCUT2D eigenvalue weighted by atomic mass is 35.5. The summed E-state index contributed by atoms with van der Waals surface area (Å²) in [6.45, 7) is 0. The van der Waals surface area contributed by atoms with Crippen LogP contribution in [0.5, 0.6) is 0 Å². The molecule has 2 amide bonds. The van der Waals surface area contributed by atoms with Gasteiger partial charge in [-0.2, -0.15) is 0 Å². The Bertz CT molecular complexity index is 947. The van der Waals surface area contributed by atoms with Gasteiger partial charge in [-0.1, -0.05) is 58.2 Å². The van der Waals surface area contributed by atoms with Crippen LogP contribution in [0, 0.1) is 0 Å². The van der Waals surface area contributed by atoms with Crippen molar-refractivity contribution in [2.24, 2.45) is 5.16 Å². The minimum absolute atomic E-state index is 0.259. The molecule has 2 N–H and O–H groups in total. The van der Waals surface area contributed by atoms with Crippen molar-refractivity contribution < 1.29 is 14.4 Å². The van der Waals surface area contributed by atoms with Crippen molar-refractivity contribution >= 4 is 58.0 Å². The number of anilines is 1. The lowest BCUT2D eigenvalue weighted by Gasteiger charge is -2.12. The van der Waals surface area contributed by atoms with E-state index in [-0.39, 0.29) is 12.0 Å². The normalized spacial score (nSPS) is 15.8. The number of carbonyl (C=O) groups excluding carboxylic acids is 2. The van der Waals surface area contributed by atoms with Crippen molar-refractivity contribution in [2.45, 2.75) is 17.4 Å². The van der Waals surface area contributed by atoms with Crippen molar-refractivity contribution in [1.82, 2.24) is 5.32 Å². The predicted octanol–water partition coefficient (Wildman–Crippen LogP) is 4.31. The maximum atomic E-state index is 12.2. The molecule has 2 aromatic carbocycles. The van der Waals surface area contributed by atoms with Crippen LogP contribution < -0.4 is 10.6 Å². The fourth-order valence-electron chi connectivity index (χ4n) is 2.86. The summed E-state index contributed by atoms with van der Waals surface area (Å²) in [4.78, 5) is 28.2. The van der Waals surface area contributed by atoms with Crippen LogP contribution in [-0.2, 0) is 9.63 Å². The molecule has 1 aliphatic heterocycles. The molecule has 28 heavy (non-hydrogen) atoms. The van der Waals surface area contributed by atoms with Crippen molar-refractivity contribution in [1.29, 1.82) is 0 Å². The molecule has 0 aliphatic carbocycles. The quantitative estimate of drug-likeness (QED) is 0.680. The Morgan fingerprint density at radius 3 is 2.68 bits per heavy atom. The van der Waals surface area contributed by atoms with Crippen LogP contribution in [0.2, 0.25) is 5.02 Å². The van der Waals surface area contributed by atoms with E-state index in [0.717, 1.165) is 5.56 Å². The Kier molecular flexibility index (Phi) is 6.44. The van der Waals surface area contributed by atoms with Crippen molar-refractivity contribution in [3.05, 3.63) is 64.2 Å². The van der Waals surface area contributed by atoms with E-state index >= 15 is 0 Å². The molecule has 0 fully saturated rings. The number of nitrogens with zero attached hydrogens (tertiary/aromatic N) is 1. The molecule has 0 spiro atoms. The van der Waals surface area contributed by atoms with E-state index in [9.17, 15) is 9.59 Å². The number of nitrogens with one attached hydrogen (secondary N) is 2. The third-order valence-corrected chi connectivity index (χ3v) is 4.88. The van der Waals surface area contributed by atoms with Gasteiger partial charge >= 0.3 is 0 Å². The van der Waals surface area contributed by atoms with E-state index in [1.165, 1.54) is 0 Å². The summed E-state index contributed by atoms with van der Waals surface area (Å²) in [6, 6.07) is 12.2. The van der Waals surface area contributed by atoms with Crippen LogP contribution in [0.3, 0.4) is 0 Å². The van der Waals surface area contributed by atoms with Crippen molar-refractivity contribution in [3.63, 3.8) is 0 Å². The topological polar surface area (TPSA) is 79.8 Å². The SMILES string of the molecule is CNC(=O)c1cccc(Cl)c1C1=NOC(c2cccc(NC(=O)C(Cl)Cl)c2)C1. The summed E-state index contributed by atoms with van der Waals surface area (Å²) in [5, 5.41) is 9.77. The molecule has 2 aromatic rings. The number of alkyl halides is 2. The second-order valence-electron chi connectivity index (χ2n) is 5.99. The zero-order valence-electron chi connectivity index (χ0n) is 14.7. The van der Waals surface area contributed by atoms with Gasteiger partial charge in [0, 0.05) is 30.3 Å². The van der Waals surface area contributed by atoms with Crippen LogP contribution in [0.1, 0.15) is 34.0 Å². The largest absolute Gasteiger partial charge is 0.387 e. The van der Waals surface area contributed by atoms with Gasteiger partial charge in [0.15, 0.2) is 10.9 Å². The number of benzene rings is 2. The summed E-state index contributed by atoms with van der Waals surface area (Å²) in [7, 11) is 1.55. The first-order valence-electron chi connectivity index (χ1n) is 8.33. The summed E-state index contributed by atoms with van der Waals surface area (Å²) in [5.41, 5.74) is 2.88. The van der Waals surface area contributed by atoms with Gasteiger partial charge in [-0.15, -0.1) is 0 Å². The Morgan fingerprint density at radius 1 is 1.21 bits per heavy atom. The molecule has 9 heteroatoms. The van der Waals surface area contributed by atoms with Crippen LogP contribution in [-0.4, -0.2) is 29.4 Å². The molecular formula is C19H16Cl3N3O3. The first-order valence-corrected chi connectivity index (χ1v) is 9.58. The van der Waals surface area contributed by atoms with E-state index in [1.54, 1.807) is 43.4 Å². The molecule has 1 atom stereocenters. The number of halogens is 3.